The zero-order valence-corrected chi connectivity index (χ0v) is 10.5. The first-order chi connectivity index (χ1) is 8.81. The molecular weight excluding hydrogens is 220 g/mol. The van der Waals surface area contributed by atoms with Gasteiger partial charge in [0.1, 0.15) is 0 Å². The Morgan fingerprint density at radius 2 is 1.56 bits per heavy atom. The molecule has 0 aliphatic heterocycles. The van der Waals surface area contributed by atoms with Crippen LogP contribution < -0.4 is 0 Å². The first-order valence-electron chi connectivity index (χ1n) is 6.11. The number of rotatable bonds is 4. The van der Waals surface area contributed by atoms with Crippen molar-refractivity contribution in [3.05, 3.63) is 83.4 Å². The molecule has 0 heterocycles. The summed E-state index contributed by atoms with van der Waals surface area (Å²) in [5.74, 6) is 0.0770. The summed E-state index contributed by atoms with van der Waals surface area (Å²) in [4.78, 5) is 12.2. The first kappa shape index (κ1) is 12.3. The van der Waals surface area contributed by atoms with Crippen LogP contribution in [-0.2, 0) is 6.42 Å². The Morgan fingerprint density at radius 3 is 2.17 bits per heavy atom. The van der Waals surface area contributed by atoms with Crippen LogP contribution >= 0.6 is 0 Å². The molecule has 0 aromatic heterocycles. The number of benzene rings is 2. The Bertz CT molecular complexity index is 536. The first-order valence-corrected chi connectivity index (χ1v) is 6.11. The van der Waals surface area contributed by atoms with Gasteiger partial charge >= 0.3 is 0 Å². The van der Waals surface area contributed by atoms with E-state index in [-0.39, 0.29) is 5.78 Å². The topological polar surface area (TPSA) is 17.1 Å². The average molecular weight is 236 g/mol. The van der Waals surface area contributed by atoms with Crippen molar-refractivity contribution < 1.29 is 4.79 Å². The molecule has 0 saturated heterocycles. The van der Waals surface area contributed by atoms with Crippen molar-refractivity contribution in [3.8, 4) is 0 Å². The van der Waals surface area contributed by atoms with E-state index in [1.54, 1.807) is 0 Å². The molecule has 0 aliphatic carbocycles. The molecule has 1 nitrogen and oxygen atoms in total. The monoisotopic (exact) mass is 236 g/mol. The maximum Gasteiger partial charge on any atom is 0.193 e. The van der Waals surface area contributed by atoms with E-state index in [4.69, 9.17) is 0 Å². The second-order valence-electron chi connectivity index (χ2n) is 4.17. The van der Waals surface area contributed by atoms with E-state index in [0.717, 1.165) is 17.5 Å². The van der Waals surface area contributed by atoms with E-state index >= 15 is 0 Å². The van der Waals surface area contributed by atoms with Crippen LogP contribution in [0.3, 0.4) is 0 Å². The summed E-state index contributed by atoms with van der Waals surface area (Å²) in [5.41, 5.74) is 2.70. The van der Waals surface area contributed by atoms with Crippen LogP contribution in [-0.4, -0.2) is 5.78 Å². The lowest BCUT2D eigenvalue weighted by molar-refractivity contribution is 0.103. The van der Waals surface area contributed by atoms with E-state index in [9.17, 15) is 4.79 Å². The average Bonchev–Trinajstić information content (AvgIpc) is 2.46. The van der Waals surface area contributed by atoms with Crippen molar-refractivity contribution in [2.45, 2.75) is 13.3 Å². The summed E-state index contributed by atoms with van der Waals surface area (Å²) < 4.78 is 0. The summed E-state index contributed by atoms with van der Waals surface area (Å²) in [6.45, 7) is 2.01. The van der Waals surface area contributed by atoms with E-state index in [0.29, 0.717) is 0 Å². The Kier molecular flexibility index (Phi) is 4.08. The number of allylic oxidation sites excluding steroid dienone is 2. The zero-order valence-electron chi connectivity index (χ0n) is 10.5. The van der Waals surface area contributed by atoms with Crippen molar-refractivity contribution in [2.24, 2.45) is 0 Å². The molecule has 0 spiro atoms. The maximum atomic E-state index is 12.2. The molecular formula is C17H16O. The van der Waals surface area contributed by atoms with Gasteiger partial charge in [-0.3, -0.25) is 4.79 Å². The number of carbonyl (C=O) groups is 1. The molecule has 0 unspecified atom stereocenters. The quantitative estimate of drug-likeness (QED) is 0.578. The fourth-order valence-corrected chi connectivity index (χ4v) is 1.80. The highest BCUT2D eigenvalue weighted by Gasteiger charge is 2.07. The van der Waals surface area contributed by atoms with Crippen molar-refractivity contribution >= 4 is 5.78 Å². The second kappa shape index (κ2) is 5.97. The number of hydrogen-bond donors (Lipinski definition) is 0. The van der Waals surface area contributed by atoms with Crippen LogP contribution in [0.5, 0.6) is 0 Å². The van der Waals surface area contributed by atoms with Crippen LogP contribution in [0.2, 0.25) is 0 Å². The molecule has 0 radical (unpaired) electrons. The van der Waals surface area contributed by atoms with E-state index in [2.05, 4.69) is 6.08 Å². The van der Waals surface area contributed by atoms with Gasteiger partial charge in [-0.15, -0.1) is 0 Å². The molecule has 1 heteroatoms. The van der Waals surface area contributed by atoms with Crippen LogP contribution in [0, 0.1) is 0 Å². The summed E-state index contributed by atoms with van der Waals surface area (Å²) in [5, 5.41) is 0. The maximum absolute atomic E-state index is 12.2. The van der Waals surface area contributed by atoms with Crippen LogP contribution in [0.1, 0.15) is 28.4 Å². The van der Waals surface area contributed by atoms with Gasteiger partial charge < -0.3 is 0 Å². The molecule has 0 saturated carbocycles. The van der Waals surface area contributed by atoms with E-state index in [1.807, 2.05) is 67.6 Å². The predicted octanol–water partition coefficient (Wildman–Crippen LogP) is 4.04. The molecule has 0 N–H and O–H groups in total. The highest BCUT2D eigenvalue weighted by molar-refractivity contribution is 6.08. The van der Waals surface area contributed by atoms with E-state index in [1.165, 1.54) is 5.56 Å². The lowest BCUT2D eigenvalue weighted by Gasteiger charge is -2.02. The van der Waals surface area contributed by atoms with Crippen molar-refractivity contribution in [1.82, 2.24) is 0 Å². The molecule has 0 bridgehead atoms. The van der Waals surface area contributed by atoms with Gasteiger partial charge in [-0.25, -0.2) is 0 Å². The molecule has 18 heavy (non-hydrogen) atoms. The Hall–Kier alpha value is -2.15. The van der Waals surface area contributed by atoms with Crippen molar-refractivity contribution in [1.29, 1.82) is 0 Å². The third-order valence-corrected chi connectivity index (χ3v) is 2.84. The molecule has 0 amide bonds. The SMILES string of the molecule is C/C=C/Cc1ccc(C(=O)c2ccccc2)cc1. The van der Waals surface area contributed by atoms with Gasteiger partial charge in [-0.05, 0) is 18.9 Å². The lowest BCUT2D eigenvalue weighted by Crippen LogP contribution is -2.00. The smallest absolute Gasteiger partial charge is 0.193 e. The normalized spacial score (nSPS) is 10.7. The lowest BCUT2D eigenvalue weighted by atomic mass is 10.0. The minimum atomic E-state index is 0.0770. The Balaban J connectivity index is 2.17. The fourth-order valence-electron chi connectivity index (χ4n) is 1.80. The standard InChI is InChI=1S/C17H16O/c1-2-3-7-14-10-12-16(13-11-14)17(18)15-8-5-4-6-9-15/h2-6,8-13H,7H2,1H3/b3-2+. The minimum Gasteiger partial charge on any atom is -0.289 e. The van der Waals surface area contributed by atoms with Crippen molar-refractivity contribution in [3.63, 3.8) is 0 Å². The molecule has 0 atom stereocenters. The van der Waals surface area contributed by atoms with Crippen LogP contribution in [0.4, 0.5) is 0 Å². The number of carbonyl (C=O) groups excluding carboxylic acids is 1. The largest absolute Gasteiger partial charge is 0.289 e. The minimum absolute atomic E-state index is 0.0770. The fraction of sp³-hybridized carbons (Fsp3) is 0.118. The Labute approximate surface area is 108 Å². The molecule has 2 aromatic rings. The number of ketones is 1. The van der Waals surface area contributed by atoms with Gasteiger partial charge in [0.05, 0.1) is 0 Å². The summed E-state index contributed by atoms with van der Waals surface area (Å²) >= 11 is 0. The molecule has 90 valence electrons. The summed E-state index contributed by atoms with van der Waals surface area (Å²) in [7, 11) is 0. The molecule has 2 aromatic carbocycles. The van der Waals surface area contributed by atoms with Gasteiger partial charge in [0.25, 0.3) is 0 Å². The third kappa shape index (κ3) is 2.95. The Morgan fingerprint density at radius 1 is 0.944 bits per heavy atom. The van der Waals surface area contributed by atoms with Crippen LogP contribution in [0.25, 0.3) is 0 Å². The highest BCUT2D eigenvalue weighted by Crippen LogP contribution is 2.11. The molecule has 2 rings (SSSR count). The molecule has 0 aliphatic rings. The third-order valence-electron chi connectivity index (χ3n) is 2.84. The predicted molar refractivity (Wildman–Crippen MR) is 74.8 cm³/mol. The highest BCUT2D eigenvalue weighted by atomic mass is 16.1. The van der Waals surface area contributed by atoms with Crippen LogP contribution in [0.15, 0.2) is 66.7 Å². The summed E-state index contributed by atoms with van der Waals surface area (Å²) in [6, 6.07) is 17.2. The zero-order chi connectivity index (χ0) is 12.8. The van der Waals surface area contributed by atoms with Gasteiger partial charge in [0, 0.05) is 11.1 Å². The van der Waals surface area contributed by atoms with Gasteiger partial charge in [0.15, 0.2) is 5.78 Å². The van der Waals surface area contributed by atoms with Gasteiger partial charge in [0.2, 0.25) is 0 Å². The van der Waals surface area contributed by atoms with Gasteiger partial charge in [-0.1, -0.05) is 66.7 Å². The molecule has 0 fully saturated rings. The summed E-state index contributed by atoms with van der Waals surface area (Å²) in [6.07, 6.45) is 5.05. The second-order valence-corrected chi connectivity index (χ2v) is 4.17. The number of hydrogen-bond acceptors (Lipinski definition) is 1. The van der Waals surface area contributed by atoms with Gasteiger partial charge in [-0.2, -0.15) is 0 Å². The van der Waals surface area contributed by atoms with Crippen molar-refractivity contribution in [2.75, 3.05) is 0 Å². The van der Waals surface area contributed by atoms with E-state index < -0.39 is 0 Å².